The average molecular weight is 1480 g/mol. The van der Waals surface area contributed by atoms with Gasteiger partial charge in [-0.1, -0.05) is 305 Å². The number of phosphoric ester groups is 2. The summed E-state index contributed by atoms with van der Waals surface area (Å²) in [5.74, 6) is -2.26. The third kappa shape index (κ3) is 74.5. The molecule has 5 atom stereocenters. The van der Waals surface area contributed by atoms with E-state index in [1.807, 2.05) is 18.2 Å². The average Bonchev–Trinajstić information content (AvgIpc) is 0.924. The first-order valence-electron chi connectivity index (χ1n) is 40.8. The van der Waals surface area contributed by atoms with Gasteiger partial charge in [-0.05, 0) is 116 Å². The quantitative estimate of drug-likeness (QED) is 0.0169. The van der Waals surface area contributed by atoms with E-state index in [9.17, 15) is 43.2 Å². The molecule has 0 rings (SSSR count). The van der Waals surface area contributed by atoms with E-state index in [1.165, 1.54) is 154 Å². The van der Waals surface area contributed by atoms with Gasteiger partial charge in [0.1, 0.15) is 19.3 Å². The Morgan fingerprint density at radius 1 is 0.275 bits per heavy atom. The summed E-state index contributed by atoms with van der Waals surface area (Å²) in [6.45, 7) is 4.79. The molecule has 102 heavy (non-hydrogen) atoms. The topological polar surface area (TPSA) is 237 Å². The fraction of sp³-hybridized carbons (Fsp3) is 0.783. The molecule has 0 amide bonds. The van der Waals surface area contributed by atoms with Crippen molar-refractivity contribution in [1.82, 2.24) is 0 Å². The molecule has 0 bridgehead atoms. The van der Waals surface area contributed by atoms with E-state index < -0.39 is 97.5 Å². The van der Waals surface area contributed by atoms with Gasteiger partial charge >= 0.3 is 39.5 Å². The molecule has 0 aliphatic rings. The van der Waals surface area contributed by atoms with Gasteiger partial charge in [-0.15, -0.1) is 0 Å². The summed E-state index contributed by atoms with van der Waals surface area (Å²) in [4.78, 5) is 73.0. The molecule has 0 saturated heterocycles. The molecule has 0 saturated carbocycles. The summed E-state index contributed by atoms with van der Waals surface area (Å²) < 4.78 is 68.6. The molecular formula is C83H148O17P2. The van der Waals surface area contributed by atoms with Crippen LogP contribution in [0.2, 0.25) is 0 Å². The summed E-state index contributed by atoms with van der Waals surface area (Å²) in [5, 5.41) is 10.6. The maximum absolute atomic E-state index is 13.1. The Morgan fingerprint density at radius 3 is 0.833 bits per heavy atom. The van der Waals surface area contributed by atoms with Crippen LogP contribution >= 0.6 is 15.6 Å². The van der Waals surface area contributed by atoms with Crippen molar-refractivity contribution < 1.29 is 80.2 Å². The second-order valence-corrected chi connectivity index (χ2v) is 30.3. The van der Waals surface area contributed by atoms with Gasteiger partial charge in [0.2, 0.25) is 0 Å². The normalized spacial score (nSPS) is 14.3. The van der Waals surface area contributed by atoms with E-state index in [0.29, 0.717) is 32.1 Å². The van der Waals surface area contributed by atoms with Gasteiger partial charge in [-0.3, -0.25) is 37.3 Å². The van der Waals surface area contributed by atoms with Crippen molar-refractivity contribution in [3.8, 4) is 0 Å². The monoisotopic (exact) mass is 1480 g/mol. The van der Waals surface area contributed by atoms with E-state index in [0.717, 1.165) is 122 Å². The molecule has 0 aromatic heterocycles. The van der Waals surface area contributed by atoms with Gasteiger partial charge in [-0.25, -0.2) is 9.13 Å². The number of hydrogen-bond donors (Lipinski definition) is 3. The second kappa shape index (κ2) is 75.5. The number of esters is 4. The minimum atomic E-state index is -4.99. The summed E-state index contributed by atoms with van der Waals surface area (Å²) in [6.07, 6.45) is 78.6. The van der Waals surface area contributed by atoms with Crippen LogP contribution in [0.3, 0.4) is 0 Å². The number of unbranched alkanes of at least 4 members (excludes halogenated alkanes) is 37. The van der Waals surface area contributed by atoms with Gasteiger partial charge in [-0.2, -0.15) is 0 Å². The van der Waals surface area contributed by atoms with E-state index >= 15 is 0 Å². The Hall–Kier alpha value is -3.76. The first kappa shape index (κ1) is 98.2. The number of phosphoric acid groups is 2. The Balaban J connectivity index is 5.41. The number of carbonyl (C=O) groups excluding carboxylic acids is 4. The van der Waals surface area contributed by atoms with E-state index in [2.05, 4.69) is 94.5 Å². The van der Waals surface area contributed by atoms with Crippen molar-refractivity contribution in [3.63, 3.8) is 0 Å². The van der Waals surface area contributed by atoms with Gasteiger partial charge in [0, 0.05) is 25.7 Å². The standard InChI is InChI=1S/C83H148O17P2/c1-5-9-13-17-21-25-29-33-36-37-38-39-42-46-50-54-58-62-66-70-83(88)100-78(73-93-80(85)67-63-59-55-51-47-43-32-28-24-20-16-12-8-4)75-97-101(89,90)95-71-77(84)72-96-102(91,92)98-76-79(99-82(87)69-65-61-57-53-49-45-41-35-31-27-23-19-15-11-7-3)74-94-81(86)68-64-60-56-52-48-44-40-34-30-26-22-18-14-10-6-2/h21,25-26,30,33,35-36,38-39,41,46,50,58,62,77-79,84H,5-20,22-24,27-29,31-32,34,37,40,42-45,47-49,51-57,59-61,63-76H2,1-4H3,(H,89,90)(H,91,92)/b25-21-,30-26-,36-33-,39-38-,41-35-,50-46-,62-58-/t77-,78+,79+/m0/s1. The number of rotatable bonds is 77. The number of carbonyl (C=O) groups is 4. The lowest BCUT2D eigenvalue weighted by atomic mass is 10.0. The Labute approximate surface area is 621 Å². The second-order valence-electron chi connectivity index (χ2n) is 27.4. The summed E-state index contributed by atoms with van der Waals surface area (Å²) in [5.41, 5.74) is 0. The van der Waals surface area contributed by atoms with Crippen LogP contribution < -0.4 is 0 Å². The van der Waals surface area contributed by atoms with Crippen LogP contribution in [0, 0.1) is 0 Å². The number of aliphatic hydroxyl groups excluding tert-OH is 1. The van der Waals surface area contributed by atoms with Gasteiger partial charge in [0.25, 0.3) is 0 Å². The number of allylic oxidation sites excluding steroid dienone is 14. The van der Waals surface area contributed by atoms with Gasteiger partial charge in [0.15, 0.2) is 12.2 Å². The zero-order valence-corrected chi connectivity index (χ0v) is 66.6. The first-order valence-corrected chi connectivity index (χ1v) is 43.8. The largest absolute Gasteiger partial charge is 0.472 e. The number of aliphatic hydroxyl groups is 1. The Morgan fingerprint density at radius 2 is 0.500 bits per heavy atom. The van der Waals surface area contributed by atoms with Crippen molar-refractivity contribution in [2.45, 2.75) is 380 Å². The predicted octanol–water partition coefficient (Wildman–Crippen LogP) is 23.8. The molecule has 0 aromatic carbocycles. The van der Waals surface area contributed by atoms with Crippen molar-refractivity contribution in [3.05, 3.63) is 85.1 Å². The minimum Gasteiger partial charge on any atom is -0.462 e. The molecule has 0 aliphatic carbocycles. The third-order valence-electron chi connectivity index (χ3n) is 17.3. The van der Waals surface area contributed by atoms with Crippen LogP contribution in [0.15, 0.2) is 85.1 Å². The third-order valence-corrected chi connectivity index (χ3v) is 19.2. The van der Waals surface area contributed by atoms with Crippen LogP contribution in [0.1, 0.15) is 362 Å². The molecule has 0 radical (unpaired) electrons. The predicted molar refractivity (Wildman–Crippen MR) is 418 cm³/mol. The number of ether oxygens (including phenoxy) is 4. The maximum Gasteiger partial charge on any atom is 0.472 e. The van der Waals surface area contributed by atoms with Crippen LogP contribution in [-0.2, 0) is 65.4 Å². The SMILES string of the molecule is CCCCC/C=C\C/C=C\C/C=C\C/C=C\C/C=C\CCC(=O)O[C@H](COC(=O)CCCCCCCCCCCCCCC)COP(=O)(O)OC[C@H](O)COP(=O)(O)OC[C@@H](COC(=O)CCCCCCCCC/C=C\CCCCCC)OC(=O)CCCCCCC/C=C\CCCCCCCC. The van der Waals surface area contributed by atoms with Gasteiger partial charge in [0.05, 0.1) is 26.4 Å². The van der Waals surface area contributed by atoms with E-state index in [-0.39, 0.29) is 25.7 Å². The molecule has 17 nitrogen and oxygen atoms in total. The molecule has 0 spiro atoms. The van der Waals surface area contributed by atoms with Crippen LogP contribution in [-0.4, -0.2) is 96.7 Å². The molecule has 592 valence electrons. The van der Waals surface area contributed by atoms with E-state index in [4.69, 9.17) is 37.0 Å². The van der Waals surface area contributed by atoms with Crippen LogP contribution in [0.25, 0.3) is 0 Å². The molecule has 0 fully saturated rings. The Bertz CT molecular complexity index is 2260. The van der Waals surface area contributed by atoms with Crippen molar-refractivity contribution >= 4 is 39.5 Å². The fourth-order valence-electron chi connectivity index (χ4n) is 11.1. The fourth-order valence-corrected chi connectivity index (χ4v) is 12.7. The zero-order valence-electron chi connectivity index (χ0n) is 64.8. The molecular weight excluding hydrogens is 1330 g/mol. The lowest BCUT2D eigenvalue weighted by molar-refractivity contribution is -0.161. The highest BCUT2D eigenvalue weighted by Gasteiger charge is 2.30. The Kier molecular flexibility index (Phi) is 72.7. The van der Waals surface area contributed by atoms with Crippen LogP contribution in [0.5, 0.6) is 0 Å². The lowest BCUT2D eigenvalue weighted by Crippen LogP contribution is -2.30. The highest BCUT2D eigenvalue weighted by atomic mass is 31.2. The lowest BCUT2D eigenvalue weighted by Gasteiger charge is -2.21. The first-order chi connectivity index (χ1) is 49.7. The summed E-state index contributed by atoms with van der Waals surface area (Å²) in [7, 11) is -9.97. The summed E-state index contributed by atoms with van der Waals surface area (Å²) >= 11 is 0. The van der Waals surface area contributed by atoms with E-state index in [1.54, 1.807) is 0 Å². The van der Waals surface area contributed by atoms with Crippen LogP contribution in [0.4, 0.5) is 0 Å². The molecule has 2 unspecified atom stereocenters. The highest BCUT2D eigenvalue weighted by Crippen LogP contribution is 2.45. The van der Waals surface area contributed by atoms with Crippen molar-refractivity contribution in [2.75, 3.05) is 39.6 Å². The summed E-state index contributed by atoms with van der Waals surface area (Å²) in [6, 6.07) is 0. The maximum atomic E-state index is 13.1. The smallest absolute Gasteiger partial charge is 0.462 e. The molecule has 0 heterocycles. The molecule has 0 aromatic rings. The minimum absolute atomic E-state index is 0.0255. The number of hydrogen-bond acceptors (Lipinski definition) is 15. The van der Waals surface area contributed by atoms with Crippen molar-refractivity contribution in [1.29, 1.82) is 0 Å². The van der Waals surface area contributed by atoms with Crippen molar-refractivity contribution in [2.24, 2.45) is 0 Å². The molecule has 3 N–H and O–H groups in total. The zero-order chi connectivity index (χ0) is 74.6. The highest BCUT2D eigenvalue weighted by molar-refractivity contribution is 7.47. The molecule has 0 aliphatic heterocycles. The molecule has 19 heteroatoms. The van der Waals surface area contributed by atoms with Gasteiger partial charge < -0.3 is 33.8 Å².